The first-order chi connectivity index (χ1) is 10.1. The van der Waals surface area contributed by atoms with Crippen molar-refractivity contribution in [2.24, 2.45) is 7.05 Å². The normalized spacial score (nSPS) is 11.2. The summed E-state index contributed by atoms with van der Waals surface area (Å²) in [6.45, 7) is 0.744. The van der Waals surface area contributed by atoms with Gasteiger partial charge in [0.2, 0.25) is 0 Å². The zero-order chi connectivity index (χ0) is 14.8. The summed E-state index contributed by atoms with van der Waals surface area (Å²) in [4.78, 5) is 4.52. The van der Waals surface area contributed by atoms with Gasteiger partial charge in [-0.25, -0.2) is 13.8 Å². The van der Waals surface area contributed by atoms with E-state index in [1.807, 2.05) is 35.9 Å². The number of rotatable bonds is 4. The van der Waals surface area contributed by atoms with Crippen molar-refractivity contribution in [2.45, 2.75) is 13.1 Å². The van der Waals surface area contributed by atoms with E-state index in [0.717, 1.165) is 29.0 Å². The van der Waals surface area contributed by atoms with Crippen LogP contribution in [0.5, 0.6) is 0 Å². The Morgan fingerprint density at radius 3 is 2.71 bits per heavy atom. The van der Waals surface area contributed by atoms with E-state index < -0.39 is 11.6 Å². The van der Waals surface area contributed by atoms with Gasteiger partial charge in [0.05, 0.1) is 17.6 Å². The van der Waals surface area contributed by atoms with Crippen LogP contribution >= 0.6 is 0 Å². The molecule has 0 atom stereocenters. The van der Waals surface area contributed by atoms with Crippen molar-refractivity contribution in [3.05, 3.63) is 65.5 Å². The maximum atomic E-state index is 13.5. The molecule has 21 heavy (non-hydrogen) atoms. The lowest BCUT2D eigenvalue weighted by molar-refractivity contribution is 0.562. The molecule has 3 nitrogen and oxygen atoms in total. The van der Waals surface area contributed by atoms with E-state index in [-0.39, 0.29) is 6.54 Å². The maximum Gasteiger partial charge on any atom is 0.127 e. The van der Waals surface area contributed by atoms with Crippen LogP contribution in [0.3, 0.4) is 0 Å². The third kappa shape index (κ3) is 2.78. The van der Waals surface area contributed by atoms with E-state index in [1.54, 1.807) is 0 Å². The monoisotopic (exact) mass is 287 g/mol. The number of nitrogens with zero attached hydrogens (tertiary/aromatic N) is 2. The highest BCUT2D eigenvalue weighted by Crippen LogP contribution is 2.14. The fraction of sp³-hybridized carbons (Fsp3) is 0.188. The quantitative estimate of drug-likeness (QED) is 0.799. The third-order valence-corrected chi connectivity index (χ3v) is 3.49. The predicted octanol–water partition coefficient (Wildman–Crippen LogP) is 3.14. The fourth-order valence-corrected chi connectivity index (χ4v) is 2.34. The van der Waals surface area contributed by atoms with Crippen LogP contribution in [0.15, 0.2) is 42.5 Å². The molecule has 0 spiro atoms. The highest BCUT2D eigenvalue weighted by Gasteiger charge is 2.08. The van der Waals surface area contributed by atoms with Crippen LogP contribution in [0.2, 0.25) is 0 Å². The van der Waals surface area contributed by atoms with Crippen LogP contribution in [-0.2, 0) is 20.1 Å². The number of aryl methyl sites for hydroxylation is 1. The Labute approximate surface area is 121 Å². The summed E-state index contributed by atoms with van der Waals surface area (Å²) < 4.78 is 28.6. The lowest BCUT2D eigenvalue weighted by Gasteiger charge is -2.06. The first-order valence-electron chi connectivity index (χ1n) is 6.70. The van der Waals surface area contributed by atoms with E-state index in [2.05, 4.69) is 10.3 Å². The standard InChI is InChI=1S/C16H15F2N3/c1-21-15-5-3-2-4-14(15)20-16(21)10-19-9-11-8-12(17)6-7-13(11)18/h2-8,19H,9-10H2,1H3. The Morgan fingerprint density at radius 2 is 1.90 bits per heavy atom. The Bertz CT molecular complexity index is 780. The minimum Gasteiger partial charge on any atom is -0.330 e. The molecule has 3 rings (SSSR count). The molecule has 1 aromatic heterocycles. The van der Waals surface area contributed by atoms with Crippen LogP contribution in [0, 0.1) is 11.6 Å². The number of hydrogen-bond acceptors (Lipinski definition) is 2. The van der Waals surface area contributed by atoms with Crippen LogP contribution in [0.1, 0.15) is 11.4 Å². The van der Waals surface area contributed by atoms with E-state index in [1.165, 1.54) is 6.07 Å². The fourth-order valence-electron chi connectivity index (χ4n) is 2.34. The van der Waals surface area contributed by atoms with Gasteiger partial charge in [-0.1, -0.05) is 12.1 Å². The van der Waals surface area contributed by atoms with Crippen molar-refractivity contribution in [1.29, 1.82) is 0 Å². The molecule has 0 unspecified atom stereocenters. The molecular formula is C16H15F2N3. The van der Waals surface area contributed by atoms with Gasteiger partial charge in [-0.3, -0.25) is 0 Å². The molecule has 108 valence electrons. The summed E-state index contributed by atoms with van der Waals surface area (Å²) >= 11 is 0. The number of imidazole rings is 1. The molecule has 0 saturated carbocycles. The van der Waals surface area contributed by atoms with Gasteiger partial charge in [-0.15, -0.1) is 0 Å². The maximum absolute atomic E-state index is 13.5. The van der Waals surface area contributed by atoms with Gasteiger partial charge in [-0.2, -0.15) is 0 Å². The topological polar surface area (TPSA) is 29.9 Å². The van der Waals surface area contributed by atoms with Crippen molar-refractivity contribution in [3.8, 4) is 0 Å². The average molecular weight is 287 g/mol. The van der Waals surface area contributed by atoms with Gasteiger partial charge in [-0.05, 0) is 30.3 Å². The number of halogens is 2. The highest BCUT2D eigenvalue weighted by molar-refractivity contribution is 5.75. The third-order valence-electron chi connectivity index (χ3n) is 3.49. The Kier molecular flexibility index (Phi) is 3.66. The summed E-state index contributed by atoms with van der Waals surface area (Å²) in [5.74, 6) is 0.0119. The van der Waals surface area contributed by atoms with Gasteiger partial charge < -0.3 is 9.88 Å². The smallest absolute Gasteiger partial charge is 0.127 e. The second-order valence-electron chi connectivity index (χ2n) is 4.92. The molecule has 0 aliphatic rings. The molecule has 0 aliphatic carbocycles. The number of fused-ring (bicyclic) bond motifs is 1. The van der Waals surface area contributed by atoms with E-state index in [0.29, 0.717) is 12.1 Å². The molecule has 0 saturated heterocycles. The number of benzene rings is 2. The van der Waals surface area contributed by atoms with E-state index in [4.69, 9.17) is 0 Å². The summed E-state index contributed by atoms with van der Waals surface area (Å²) in [5.41, 5.74) is 2.29. The SMILES string of the molecule is Cn1c(CNCc2cc(F)ccc2F)nc2ccccc21. The van der Waals surface area contributed by atoms with Gasteiger partial charge in [0.1, 0.15) is 17.5 Å². The molecule has 0 fully saturated rings. The van der Waals surface area contributed by atoms with Crippen molar-refractivity contribution < 1.29 is 8.78 Å². The van der Waals surface area contributed by atoms with Gasteiger partial charge in [0, 0.05) is 19.2 Å². The van der Waals surface area contributed by atoms with Crippen LogP contribution in [0.4, 0.5) is 8.78 Å². The molecule has 0 amide bonds. The van der Waals surface area contributed by atoms with Crippen molar-refractivity contribution >= 4 is 11.0 Å². The van der Waals surface area contributed by atoms with Gasteiger partial charge in [0.25, 0.3) is 0 Å². The van der Waals surface area contributed by atoms with Crippen LogP contribution in [-0.4, -0.2) is 9.55 Å². The molecule has 3 aromatic rings. The molecule has 5 heteroatoms. The van der Waals surface area contributed by atoms with Crippen LogP contribution < -0.4 is 5.32 Å². The number of aromatic nitrogens is 2. The number of nitrogens with one attached hydrogen (secondary N) is 1. The zero-order valence-corrected chi connectivity index (χ0v) is 11.6. The second-order valence-corrected chi connectivity index (χ2v) is 4.92. The van der Waals surface area contributed by atoms with Crippen molar-refractivity contribution in [3.63, 3.8) is 0 Å². The number of para-hydroxylation sites is 2. The molecule has 0 bridgehead atoms. The zero-order valence-electron chi connectivity index (χ0n) is 11.6. The van der Waals surface area contributed by atoms with Gasteiger partial charge in [0.15, 0.2) is 0 Å². The highest BCUT2D eigenvalue weighted by atomic mass is 19.1. The molecule has 0 radical (unpaired) electrons. The average Bonchev–Trinajstić information content (AvgIpc) is 2.80. The Morgan fingerprint density at radius 1 is 1.10 bits per heavy atom. The summed E-state index contributed by atoms with van der Waals surface area (Å²) in [5, 5.41) is 3.10. The summed E-state index contributed by atoms with van der Waals surface area (Å²) in [6, 6.07) is 11.3. The second kappa shape index (κ2) is 5.61. The summed E-state index contributed by atoms with van der Waals surface area (Å²) in [7, 11) is 1.94. The largest absolute Gasteiger partial charge is 0.330 e. The first-order valence-corrected chi connectivity index (χ1v) is 6.70. The van der Waals surface area contributed by atoms with Crippen LogP contribution in [0.25, 0.3) is 11.0 Å². The summed E-state index contributed by atoms with van der Waals surface area (Å²) in [6.07, 6.45) is 0. The minimum absolute atomic E-state index is 0.257. The molecule has 1 N–H and O–H groups in total. The minimum atomic E-state index is -0.434. The Balaban J connectivity index is 1.72. The lowest BCUT2D eigenvalue weighted by Crippen LogP contribution is -2.16. The molecule has 2 aromatic carbocycles. The molecule has 0 aliphatic heterocycles. The van der Waals surface area contributed by atoms with Crippen molar-refractivity contribution in [1.82, 2.24) is 14.9 Å². The van der Waals surface area contributed by atoms with E-state index >= 15 is 0 Å². The lowest BCUT2D eigenvalue weighted by atomic mass is 10.2. The van der Waals surface area contributed by atoms with E-state index in [9.17, 15) is 8.78 Å². The van der Waals surface area contributed by atoms with Crippen molar-refractivity contribution in [2.75, 3.05) is 0 Å². The molecule has 1 heterocycles. The molecular weight excluding hydrogens is 272 g/mol. The Hall–Kier alpha value is -2.27. The first kappa shape index (κ1) is 13.7. The van der Waals surface area contributed by atoms with Gasteiger partial charge >= 0.3 is 0 Å². The number of hydrogen-bond donors (Lipinski definition) is 1. The predicted molar refractivity (Wildman–Crippen MR) is 77.6 cm³/mol.